The minimum atomic E-state index is 0.185. The van der Waals surface area contributed by atoms with Crippen LogP contribution in [-0.4, -0.2) is 52.9 Å². The highest BCUT2D eigenvalue weighted by Gasteiger charge is 2.15. The van der Waals surface area contributed by atoms with E-state index >= 15 is 0 Å². The summed E-state index contributed by atoms with van der Waals surface area (Å²) in [6, 6.07) is 8.25. The number of amides is 1. The number of H-pyrrole nitrogens is 1. The van der Waals surface area contributed by atoms with Crippen LogP contribution in [0.3, 0.4) is 0 Å². The van der Waals surface area contributed by atoms with Crippen LogP contribution in [0.15, 0.2) is 36.8 Å². The molecule has 1 N–H and O–H groups in total. The van der Waals surface area contributed by atoms with Gasteiger partial charge < -0.3 is 14.8 Å². The first-order chi connectivity index (χ1) is 11.1. The number of nitrogens with one attached hydrogen (secondary N) is 1. The Labute approximate surface area is 138 Å². The van der Waals surface area contributed by atoms with Crippen LogP contribution in [0.1, 0.15) is 23.2 Å². The number of rotatable bonds is 8. The standard InChI is InChI=1S/C18H26N4O/c1-15-6-4-5-7-16(15)8-9-18(23)22(11-10-21(2)3)13-17-12-19-14-20-17/h4-7,12,14H,8-11,13H2,1-3H3,(H,19,20). The SMILES string of the molecule is Cc1ccccc1CCC(=O)N(CCN(C)C)Cc1cnc[nH]1. The Hall–Kier alpha value is -2.14. The van der Waals surface area contributed by atoms with Crippen molar-refractivity contribution < 1.29 is 4.79 Å². The molecule has 0 fully saturated rings. The predicted octanol–water partition coefficient (Wildman–Crippen LogP) is 2.24. The third-order valence-electron chi connectivity index (χ3n) is 3.96. The molecule has 1 heterocycles. The fourth-order valence-electron chi connectivity index (χ4n) is 2.48. The van der Waals surface area contributed by atoms with Crippen molar-refractivity contribution in [1.82, 2.24) is 19.8 Å². The average Bonchev–Trinajstić information content (AvgIpc) is 3.03. The number of aryl methyl sites for hydroxylation is 2. The van der Waals surface area contributed by atoms with Crippen molar-refractivity contribution in [3.05, 3.63) is 53.6 Å². The third kappa shape index (κ3) is 5.53. The van der Waals surface area contributed by atoms with Gasteiger partial charge in [0.15, 0.2) is 0 Å². The zero-order valence-electron chi connectivity index (χ0n) is 14.2. The lowest BCUT2D eigenvalue weighted by atomic mass is 10.0. The molecule has 1 aromatic carbocycles. The first-order valence-electron chi connectivity index (χ1n) is 8.00. The smallest absolute Gasteiger partial charge is 0.223 e. The van der Waals surface area contributed by atoms with Gasteiger partial charge in [-0.15, -0.1) is 0 Å². The van der Waals surface area contributed by atoms with Crippen molar-refractivity contribution in [1.29, 1.82) is 0 Å². The van der Waals surface area contributed by atoms with E-state index in [-0.39, 0.29) is 5.91 Å². The fourth-order valence-corrected chi connectivity index (χ4v) is 2.48. The van der Waals surface area contributed by atoms with Gasteiger partial charge in [-0.1, -0.05) is 24.3 Å². The Morgan fingerprint density at radius 2 is 2.00 bits per heavy atom. The number of hydrogen-bond donors (Lipinski definition) is 1. The molecule has 1 amide bonds. The second-order valence-electron chi connectivity index (χ2n) is 6.12. The summed E-state index contributed by atoms with van der Waals surface area (Å²) in [6.45, 7) is 4.25. The van der Waals surface area contributed by atoms with E-state index in [0.717, 1.165) is 25.2 Å². The minimum absolute atomic E-state index is 0.185. The number of aromatic nitrogens is 2. The van der Waals surface area contributed by atoms with Crippen molar-refractivity contribution in [3.63, 3.8) is 0 Å². The van der Waals surface area contributed by atoms with Crippen molar-refractivity contribution in [2.45, 2.75) is 26.3 Å². The lowest BCUT2D eigenvalue weighted by molar-refractivity contribution is -0.132. The van der Waals surface area contributed by atoms with Crippen LogP contribution < -0.4 is 0 Å². The minimum Gasteiger partial charge on any atom is -0.347 e. The number of benzene rings is 1. The van der Waals surface area contributed by atoms with E-state index in [1.54, 1.807) is 12.5 Å². The number of aromatic amines is 1. The highest BCUT2D eigenvalue weighted by Crippen LogP contribution is 2.11. The van der Waals surface area contributed by atoms with E-state index in [2.05, 4.69) is 33.9 Å². The van der Waals surface area contributed by atoms with Gasteiger partial charge in [0.05, 0.1) is 18.6 Å². The van der Waals surface area contributed by atoms with Gasteiger partial charge >= 0.3 is 0 Å². The Bertz CT molecular complexity index is 607. The number of likely N-dealkylation sites (N-methyl/N-ethyl adjacent to an activating group) is 1. The first kappa shape index (κ1) is 17.2. The van der Waals surface area contributed by atoms with E-state index in [0.29, 0.717) is 13.0 Å². The molecular formula is C18H26N4O. The first-order valence-corrected chi connectivity index (χ1v) is 8.00. The summed E-state index contributed by atoms with van der Waals surface area (Å²) in [7, 11) is 4.04. The maximum absolute atomic E-state index is 12.6. The molecule has 2 rings (SSSR count). The number of hydrogen-bond acceptors (Lipinski definition) is 3. The van der Waals surface area contributed by atoms with Gasteiger partial charge in [-0.3, -0.25) is 4.79 Å². The topological polar surface area (TPSA) is 52.2 Å². The van der Waals surface area contributed by atoms with Crippen LogP contribution in [-0.2, 0) is 17.8 Å². The summed E-state index contributed by atoms with van der Waals surface area (Å²) < 4.78 is 0. The van der Waals surface area contributed by atoms with Crippen molar-refractivity contribution in [3.8, 4) is 0 Å². The number of imidazole rings is 1. The molecule has 0 aliphatic carbocycles. The van der Waals surface area contributed by atoms with Crippen LogP contribution in [0.2, 0.25) is 0 Å². The van der Waals surface area contributed by atoms with Gasteiger partial charge in [0.25, 0.3) is 0 Å². The van der Waals surface area contributed by atoms with E-state index in [1.165, 1.54) is 11.1 Å². The molecule has 124 valence electrons. The van der Waals surface area contributed by atoms with Gasteiger partial charge in [-0.2, -0.15) is 0 Å². The average molecular weight is 314 g/mol. The summed E-state index contributed by atoms with van der Waals surface area (Å²) in [6.07, 6.45) is 4.74. The summed E-state index contributed by atoms with van der Waals surface area (Å²) in [5.41, 5.74) is 3.46. The van der Waals surface area contributed by atoms with Crippen LogP contribution in [0.4, 0.5) is 0 Å². The van der Waals surface area contributed by atoms with Crippen LogP contribution in [0.5, 0.6) is 0 Å². The van der Waals surface area contributed by atoms with Crippen LogP contribution >= 0.6 is 0 Å². The van der Waals surface area contributed by atoms with Crippen molar-refractivity contribution in [2.24, 2.45) is 0 Å². The molecule has 0 bridgehead atoms. The third-order valence-corrected chi connectivity index (χ3v) is 3.96. The highest BCUT2D eigenvalue weighted by molar-refractivity contribution is 5.76. The predicted molar refractivity (Wildman–Crippen MR) is 92.1 cm³/mol. The molecule has 0 aliphatic rings. The number of carbonyl (C=O) groups is 1. The normalized spacial score (nSPS) is 11.0. The molecule has 0 unspecified atom stereocenters. The molecule has 5 heteroatoms. The maximum Gasteiger partial charge on any atom is 0.223 e. The van der Waals surface area contributed by atoms with Crippen LogP contribution in [0.25, 0.3) is 0 Å². The van der Waals surface area contributed by atoms with Gasteiger partial charge in [-0.25, -0.2) is 4.98 Å². The lowest BCUT2D eigenvalue weighted by Gasteiger charge is -2.24. The molecule has 0 radical (unpaired) electrons. The van der Waals surface area contributed by atoms with E-state index in [4.69, 9.17) is 0 Å². The maximum atomic E-state index is 12.6. The molecule has 1 aromatic heterocycles. The molecule has 0 atom stereocenters. The Morgan fingerprint density at radius 1 is 1.22 bits per heavy atom. The molecule has 0 spiro atoms. The lowest BCUT2D eigenvalue weighted by Crippen LogP contribution is -2.36. The molecule has 23 heavy (non-hydrogen) atoms. The summed E-state index contributed by atoms with van der Waals surface area (Å²) in [4.78, 5) is 23.7. The molecule has 2 aromatic rings. The Balaban J connectivity index is 1.96. The van der Waals surface area contributed by atoms with Crippen LogP contribution in [0, 0.1) is 6.92 Å². The highest BCUT2D eigenvalue weighted by atomic mass is 16.2. The van der Waals surface area contributed by atoms with E-state index < -0.39 is 0 Å². The fraction of sp³-hybridized carbons (Fsp3) is 0.444. The number of nitrogens with zero attached hydrogens (tertiary/aromatic N) is 3. The van der Waals surface area contributed by atoms with Gasteiger partial charge in [0.1, 0.15) is 0 Å². The van der Waals surface area contributed by atoms with Gasteiger partial charge in [0, 0.05) is 25.7 Å². The zero-order valence-corrected chi connectivity index (χ0v) is 14.2. The quantitative estimate of drug-likeness (QED) is 0.813. The van der Waals surface area contributed by atoms with Gasteiger partial charge in [0.2, 0.25) is 5.91 Å². The Kier molecular flexibility index (Phi) is 6.35. The monoisotopic (exact) mass is 314 g/mol. The molecule has 0 saturated heterocycles. The summed E-state index contributed by atoms with van der Waals surface area (Å²) >= 11 is 0. The van der Waals surface area contributed by atoms with Crippen molar-refractivity contribution >= 4 is 5.91 Å². The number of carbonyl (C=O) groups excluding carboxylic acids is 1. The van der Waals surface area contributed by atoms with Crippen molar-refractivity contribution in [2.75, 3.05) is 27.2 Å². The summed E-state index contributed by atoms with van der Waals surface area (Å²) in [5.74, 6) is 0.185. The van der Waals surface area contributed by atoms with E-state index in [1.807, 2.05) is 31.1 Å². The van der Waals surface area contributed by atoms with Gasteiger partial charge in [-0.05, 0) is 38.6 Å². The van der Waals surface area contributed by atoms with E-state index in [9.17, 15) is 4.79 Å². The molecule has 0 saturated carbocycles. The molecule has 0 aliphatic heterocycles. The second-order valence-corrected chi connectivity index (χ2v) is 6.12. The second kappa shape index (κ2) is 8.48. The molecule has 5 nitrogen and oxygen atoms in total. The summed E-state index contributed by atoms with van der Waals surface area (Å²) in [5, 5.41) is 0. The molecular weight excluding hydrogens is 288 g/mol. The Morgan fingerprint density at radius 3 is 2.65 bits per heavy atom. The zero-order chi connectivity index (χ0) is 16.7. The largest absolute Gasteiger partial charge is 0.347 e.